The number of hydrogen-bond donors (Lipinski definition) is 3. The molecule has 24 heteroatoms. The first-order valence-corrected chi connectivity index (χ1v) is 28.8. The minimum atomic E-state index is -1.00. The van der Waals surface area contributed by atoms with Crippen molar-refractivity contribution in [3.63, 3.8) is 0 Å². The molecule has 0 bridgehead atoms. The number of carboxylic acid groups (broad SMARTS) is 3. The molecule has 2 aliphatic rings. The van der Waals surface area contributed by atoms with E-state index in [1.165, 1.54) is 0 Å². The molecule has 470 valence electrons. The van der Waals surface area contributed by atoms with Gasteiger partial charge in [-0.1, -0.05) is 91.0 Å². The van der Waals surface area contributed by atoms with Crippen LogP contribution in [0.15, 0.2) is 91.0 Å². The summed E-state index contributed by atoms with van der Waals surface area (Å²) in [6.07, 6.45) is 0. The summed E-state index contributed by atoms with van der Waals surface area (Å²) in [5, 5.41) is 27.6. The molecule has 0 radical (unpaired) electrons. The lowest BCUT2D eigenvalue weighted by Crippen LogP contribution is -2.49. The molecule has 0 aromatic heterocycles. The minimum Gasteiger partial charge on any atom is -0.480 e. The third-order valence-corrected chi connectivity index (χ3v) is 13.3. The van der Waals surface area contributed by atoms with Crippen molar-refractivity contribution in [3.8, 4) is 0 Å². The summed E-state index contributed by atoms with van der Waals surface area (Å²) in [4.78, 5) is 113. The zero-order valence-corrected chi connectivity index (χ0v) is 50.5. The highest BCUT2D eigenvalue weighted by Gasteiger charge is 2.27. The summed E-state index contributed by atoms with van der Waals surface area (Å²) in [5.41, 5.74) is 1.41. The fourth-order valence-corrected chi connectivity index (χ4v) is 9.01. The van der Waals surface area contributed by atoms with E-state index in [0.29, 0.717) is 105 Å². The van der Waals surface area contributed by atoms with Gasteiger partial charge in [-0.3, -0.25) is 77.6 Å². The highest BCUT2D eigenvalue weighted by atomic mass is 16.6. The van der Waals surface area contributed by atoms with Crippen LogP contribution in [0.2, 0.25) is 0 Å². The minimum absolute atomic E-state index is 0.00420. The number of aliphatic carboxylic acids is 3. The van der Waals surface area contributed by atoms with Crippen LogP contribution in [0, 0.1) is 0 Å². The average Bonchev–Trinajstić information content (AvgIpc) is 3.55. The number of benzene rings is 3. The molecule has 2 saturated heterocycles. The van der Waals surface area contributed by atoms with Crippen molar-refractivity contribution in [2.24, 2.45) is 0 Å². The Morgan fingerprint density at radius 2 is 0.482 bits per heavy atom. The third kappa shape index (κ3) is 33.4. The molecule has 0 amide bonds. The molecular formula is C61H90N8O16. The Morgan fingerprint density at radius 3 is 0.659 bits per heavy atom. The molecule has 3 N–H and O–H groups in total. The lowest BCUT2D eigenvalue weighted by atomic mass is 10.2. The number of carboxylic acids is 3. The first-order valence-electron chi connectivity index (χ1n) is 28.8. The molecule has 85 heavy (non-hydrogen) atoms. The fourth-order valence-electron chi connectivity index (χ4n) is 9.01. The lowest BCUT2D eigenvalue weighted by Gasteiger charge is -2.33. The molecule has 2 fully saturated rings. The Morgan fingerprint density at radius 1 is 0.306 bits per heavy atom. The van der Waals surface area contributed by atoms with E-state index in [1.54, 1.807) is 35.5 Å². The Balaban J connectivity index is 0.000000414. The van der Waals surface area contributed by atoms with Gasteiger partial charge in [0.05, 0.1) is 52.4 Å². The Bertz CT molecular complexity index is 2410. The lowest BCUT2D eigenvalue weighted by molar-refractivity contribution is -0.157. The van der Waals surface area contributed by atoms with E-state index in [1.807, 2.05) is 136 Å². The van der Waals surface area contributed by atoms with E-state index in [4.69, 9.17) is 28.8 Å². The number of carbonyl (C=O) groups excluding carboxylic acids is 5. The molecule has 0 aliphatic carbocycles. The van der Waals surface area contributed by atoms with Crippen LogP contribution in [0.3, 0.4) is 0 Å². The van der Waals surface area contributed by atoms with Gasteiger partial charge < -0.3 is 39.0 Å². The first kappa shape index (κ1) is 70.6. The van der Waals surface area contributed by atoms with Crippen molar-refractivity contribution in [1.82, 2.24) is 39.2 Å². The van der Waals surface area contributed by atoms with Gasteiger partial charge in [0.1, 0.15) is 31.0 Å². The maximum Gasteiger partial charge on any atom is 0.320 e. The third-order valence-electron chi connectivity index (χ3n) is 13.3. The number of nitrogens with zero attached hydrogens (tertiary/aromatic N) is 8. The second-order valence-corrected chi connectivity index (χ2v) is 23.0. The van der Waals surface area contributed by atoms with Gasteiger partial charge in [-0.15, -0.1) is 0 Å². The molecule has 3 aromatic rings. The van der Waals surface area contributed by atoms with Gasteiger partial charge in [0.15, 0.2) is 0 Å². The molecule has 24 nitrogen and oxygen atoms in total. The smallest absolute Gasteiger partial charge is 0.320 e. The van der Waals surface area contributed by atoms with E-state index < -0.39 is 35.1 Å². The van der Waals surface area contributed by atoms with E-state index in [0.717, 1.165) is 16.7 Å². The molecule has 2 aliphatic heterocycles. The Labute approximate surface area is 500 Å². The van der Waals surface area contributed by atoms with Gasteiger partial charge in [0.25, 0.3) is 0 Å². The van der Waals surface area contributed by atoms with Crippen LogP contribution in [-0.4, -0.2) is 271 Å². The van der Waals surface area contributed by atoms with Gasteiger partial charge >= 0.3 is 47.8 Å². The van der Waals surface area contributed by atoms with Crippen molar-refractivity contribution in [3.05, 3.63) is 108 Å². The second kappa shape index (κ2) is 37.5. The highest BCUT2D eigenvalue weighted by molar-refractivity contribution is 5.74. The summed E-state index contributed by atoms with van der Waals surface area (Å²) in [5.74, 6) is -4.86. The largest absolute Gasteiger partial charge is 0.480 e. The molecule has 0 saturated carbocycles. The van der Waals surface area contributed by atoms with Crippen molar-refractivity contribution < 1.29 is 77.4 Å². The maximum absolute atomic E-state index is 13.1. The number of carbonyl (C=O) groups is 8. The van der Waals surface area contributed by atoms with Crippen LogP contribution in [0.5, 0.6) is 0 Å². The number of esters is 5. The van der Waals surface area contributed by atoms with Crippen LogP contribution in [0.25, 0.3) is 0 Å². The van der Waals surface area contributed by atoms with Gasteiger partial charge in [0.2, 0.25) is 0 Å². The van der Waals surface area contributed by atoms with E-state index in [9.17, 15) is 48.6 Å². The topological polar surface area (TPSA) is 269 Å². The predicted molar refractivity (Wildman–Crippen MR) is 315 cm³/mol. The van der Waals surface area contributed by atoms with Crippen molar-refractivity contribution in [1.29, 1.82) is 0 Å². The number of rotatable bonds is 22. The Kier molecular flexibility index (Phi) is 31.2. The quantitative estimate of drug-likeness (QED) is 0.0964. The van der Waals surface area contributed by atoms with Gasteiger partial charge in [-0.2, -0.15) is 0 Å². The van der Waals surface area contributed by atoms with Crippen LogP contribution < -0.4 is 0 Å². The Hall–Kier alpha value is -6.90. The van der Waals surface area contributed by atoms with Crippen LogP contribution >= 0.6 is 0 Å². The average molecular weight is 1190 g/mol. The summed E-state index contributed by atoms with van der Waals surface area (Å²) >= 11 is 0. The van der Waals surface area contributed by atoms with Crippen molar-refractivity contribution in [2.75, 3.05) is 157 Å². The van der Waals surface area contributed by atoms with Crippen molar-refractivity contribution >= 4 is 47.8 Å². The predicted octanol–water partition coefficient (Wildman–Crippen LogP) is 2.58. The fraction of sp³-hybridized carbons (Fsp3) is 0.574. The maximum atomic E-state index is 13.1. The zero-order valence-electron chi connectivity index (χ0n) is 50.5. The molecule has 3 aromatic carbocycles. The van der Waals surface area contributed by atoms with Gasteiger partial charge in [-0.05, 0) is 58.2 Å². The van der Waals surface area contributed by atoms with E-state index in [2.05, 4.69) is 0 Å². The molecule has 0 atom stereocenters. The standard InChI is InChI=1S/C41H54N4O8.C20H36N4O8/c1-41(2,3)53-40(49)30-45-25-23-43(28-38(47)51-32-35-15-9-5-10-16-35)21-19-42(27-37(46)50-31-34-13-7-4-8-14-34)20-22-44(24-26-45)29-39(48)52-33-36-17-11-6-12-18-36;1-20(2,3)32-19(31)15-24-10-8-22(13-17(27)28)6-4-21(12-16(25)26)5-7-23(9-11-24)14-18(29)30/h4-18H,19-33H2,1-3H3;4-15H2,1-3H3,(H,25,26)(H,27,28)(H,29,30). The number of hydrogen-bond acceptors (Lipinski definition) is 21. The van der Waals surface area contributed by atoms with Gasteiger partial charge in [-0.25, -0.2) is 0 Å². The summed E-state index contributed by atoms with van der Waals surface area (Å²) in [6, 6.07) is 28.5. The summed E-state index contributed by atoms with van der Waals surface area (Å²) in [6.45, 7) is 17.3. The zero-order chi connectivity index (χ0) is 62.2. The molecule has 0 unspecified atom stereocenters. The molecule has 5 rings (SSSR count). The van der Waals surface area contributed by atoms with Crippen molar-refractivity contribution in [2.45, 2.75) is 72.6 Å². The van der Waals surface area contributed by atoms with Gasteiger partial charge in [0, 0.05) is 105 Å². The van der Waals surface area contributed by atoms with Crippen LogP contribution in [0.4, 0.5) is 0 Å². The SMILES string of the molecule is CC(C)(C)OC(=O)CN1CCN(CC(=O)O)CCN(CC(=O)O)CCN(CC(=O)O)CC1.CC(C)(C)OC(=O)CN1CCN(CC(=O)OCc2ccccc2)CCN(CC(=O)OCc2ccccc2)CCN(CC(=O)OCc2ccccc2)CC1. The molecule has 0 spiro atoms. The van der Waals surface area contributed by atoms with Crippen LogP contribution in [-0.2, 0) is 81.9 Å². The number of ether oxygens (including phenoxy) is 5. The van der Waals surface area contributed by atoms with Crippen LogP contribution in [0.1, 0.15) is 58.2 Å². The van der Waals surface area contributed by atoms with E-state index in [-0.39, 0.29) is 96.1 Å². The second-order valence-electron chi connectivity index (χ2n) is 23.0. The monoisotopic (exact) mass is 1190 g/mol. The molecule has 2 heterocycles. The highest BCUT2D eigenvalue weighted by Crippen LogP contribution is 2.12. The first-order chi connectivity index (χ1) is 40.3. The summed E-state index contributed by atoms with van der Waals surface area (Å²) < 4.78 is 27.9. The summed E-state index contributed by atoms with van der Waals surface area (Å²) in [7, 11) is 0. The normalized spacial score (nSPS) is 17.0. The molecular weight excluding hydrogens is 1100 g/mol. The van der Waals surface area contributed by atoms with E-state index >= 15 is 0 Å².